The lowest BCUT2D eigenvalue weighted by Crippen LogP contribution is -2.66. The number of aliphatic hydroxyl groups excluding tert-OH is 11. The summed E-state index contributed by atoms with van der Waals surface area (Å²) in [4.78, 5) is 13.4. The number of amides is 1. The molecule has 0 radical (unpaired) electrons. The van der Waals surface area contributed by atoms with Crippen molar-refractivity contribution in [3.8, 4) is 0 Å². The number of aliphatic hydroxyl groups is 11. The highest BCUT2D eigenvalue weighted by Gasteiger charge is 2.53. The van der Waals surface area contributed by atoms with Crippen LogP contribution in [-0.2, 0) is 33.2 Å². The van der Waals surface area contributed by atoms with Gasteiger partial charge in [-0.1, -0.05) is 257 Å². The van der Waals surface area contributed by atoms with Crippen molar-refractivity contribution in [2.45, 2.75) is 330 Å². The van der Waals surface area contributed by atoms with Gasteiger partial charge in [0, 0.05) is 6.42 Å². The molecule has 17 unspecified atom stereocenters. The number of hydrogen-bond donors (Lipinski definition) is 12. The van der Waals surface area contributed by atoms with E-state index in [-0.39, 0.29) is 18.9 Å². The van der Waals surface area contributed by atoms with Crippen LogP contribution >= 0.6 is 0 Å². The van der Waals surface area contributed by atoms with E-state index in [1.807, 2.05) is 12.2 Å². The minimum absolute atomic E-state index is 0.155. The molecule has 19 heteroatoms. The zero-order valence-corrected chi connectivity index (χ0v) is 58.3. The average Bonchev–Trinajstić information content (AvgIpc) is 0.787. The summed E-state index contributed by atoms with van der Waals surface area (Å²) in [6.45, 7) is 1.58. The van der Waals surface area contributed by atoms with Crippen LogP contribution in [0.1, 0.15) is 226 Å². The van der Waals surface area contributed by atoms with E-state index in [1.165, 1.54) is 109 Å². The monoisotopic (exact) mass is 1360 g/mol. The summed E-state index contributed by atoms with van der Waals surface area (Å²) in [5.74, 6) is -0.337. The van der Waals surface area contributed by atoms with Gasteiger partial charge in [0.05, 0.1) is 38.6 Å². The number of carbonyl (C=O) groups excluding carboxylic acids is 1. The van der Waals surface area contributed by atoms with Crippen LogP contribution in [-0.4, -0.2) is 193 Å². The maximum absolute atomic E-state index is 13.4. The van der Waals surface area contributed by atoms with E-state index in [0.29, 0.717) is 12.8 Å². The summed E-state index contributed by atoms with van der Waals surface area (Å²) in [5.41, 5.74) is 0. The van der Waals surface area contributed by atoms with Gasteiger partial charge in [-0.3, -0.25) is 4.79 Å². The molecule has 0 aromatic rings. The third-order valence-electron chi connectivity index (χ3n) is 17.5. The predicted molar refractivity (Wildman–Crippen MR) is 378 cm³/mol. The van der Waals surface area contributed by atoms with Crippen molar-refractivity contribution in [3.63, 3.8) is 0 Å². The minimum atomic E-state index is -1.99. The van der Waals surface area contributed by atoms with Gasteiger partial charge in [-0.25, -0.2) is 0 Å². The number of carbonyl (C=O) groups is 1. The number of nitrogens with one attached hydrogen (secondary N) is 1. The molecular weight excluding hydrogens is 1230 g/mol. The highest BCUT2D eigenvalue weighted by Crippen LogP contribution is 2.33. The second kappa shape index (κ2) is 56.9. The summed E-state index contributed by atoms with van der Waals surface area (Å²) in [6, 6.07) is -1.01. The fraction of sp³-hybridized carbons (Fsp3) is 0.727. The van der Waals surface area contributed by atoms with Crippen molar-refractivity contribution in [2.75, 3.05) is 26.4 Å². The molecule has 3 aliphatic heterocycles. The van der Waals surface area contributed by atoms with Gasteiger partial charge in [-0.05, 0) is 83.5 Å². The molecule has 3 fully saturated rings. The van der Waals surface area contributed by atoms with Crippen LogP contribution in [0.5, 0.6) is 0 Å². The number of ether oxygens (including phenoxy) is 6. The van der Waals surface area contributed by atoms with E-state index < -0.39 is 124 Å². The normalized spacial score (nSPS) is 27.8. The van der Waals surface area contributed by atoms with Gasteiger partial charge >= 0.3 is 0 Å². The Balaban J connectivity index is 1.45. The SMILES string of the molecule is CC/C=C\C/C=C\C/C=C\C/C=C\C/C=C\C/C=C\C/C=C\C/C=C\C/C=C\CCCC(=O)NC(COC1OC(CO)C(OC2OC(CO)C(OC3OC(CO)C(O)C(O)C3O)C(O)C2O)C(O)C1O)C(O)/C=C/CCCCCCCCCCCCCCCCCCCCCC. The Morgan fingerprint density at radius 1 is 0.385 bits per heavy atom. The molecule has 550 valence electrons. The fourth-order valence-electron chi connectivity index (χ4n) is 11.6. The van der Waals surface area contributed by atoms with Crippen molar-refractivity contribution in [2.24, 2.45) is 0 Å². The maximum atomic E-state index is 13.4. The first kappa shape index (κ1) is 86.4. The minimum Gasteiger partial charge on any atom is -0.394 e. The van der Waals surface area contributed by atoms with Crippen molar-refractivity contribution in [3.05, 3.63) is 122 Å². The van der Waals surface area contributed by atoms with Gasteiger partial charge in [0.2, 0.25) is 5.91 Å². The van der Waals surface area contributed by atoms with Crippen LogP contribution in [0.15, 0.2) is 122 Å². The lowest BCUT2D eigenvalue weighted by molar-refractivity contribution is -0.379. The van der Waals surface area contributed by atoms with E-state index in [2.05, 4.69) is 122 Å². The molecular formula is C77H129NO18. The molecule has 0 aliphatic carbocycles. The van der Waals surface area contributed by atoms with Gasteiger partial charge in [0.1, 0.15) is 73.2 Å². The largest absolute Gasteiger partial charge is 0.394 e. The molecule has 0 aromatic heterocycles. The summed E-state index contributed by atoms with van der Waals surface area (Å²) in [5, 5.41) is 121. The zero-order valence-electron chi connectivity index (χ0n) is 58.3. The van der Waals surface area contributed by atoms with Gasteiger partial charge in [0.25, 0.3) is 0 Å². The molecule has 12 N–H and O–H groups in total. The van der Waals surface area contributed by atoms with Gasteiger partial charge in [-0.15, -0.1) is 0 Å². The highest BCUT2D eigenvalue weighted by atomic mass is 16.8. The van der Waals surface area contributed by atoms with Gasteiger partial charge in [-0.2, -0.15) is 0 Å². The van der Waals surface area contributed by atoms with Crippen LogP contribution in [0.4, 0.5) is 0 Å². The second-order valence-electron chi connectivity index (χ2n) is 25.7. The lowest BCUT2D eigenvalue weighted by Gasteiger charge is -2.48. The molecule has 96 heavy (non-hydrogen) atoms. The Hall–Kier alpha value is -3.81. The molecule has 0 saturated carbocycles. The van der Waals surface area contributed by atoms with Crippen LogP contribution in [0.3, 0.4) is 0 Å². The molecule has 1 amide bonds. The summed E-state index contributed by atoms with van der Waals surface area (Å²) in [6.07, 6.45) is 51.7. The third kappa shape index (κ3) is 37.6. The number of unbranched alkanes of at least 4 members (excludes halogenated alkanes) is 21. The van der Waals surface area contributed by atoms with Crippen LogP contribution in [0.25, 0.3) is 0 Å². The van der Waals surface area contributed by atoms with Crippen molar-refractivity contribution in [1.29, 1.82) is 0 Å². The molecule has 3 aliphatic rings. The van der Waals surface area contributed by atoms with E-state index in [1.54, 1.807) is 6.08 Å². The molecule has 0 aromatic carbocycles. The Bertz CT molecular complexity index is 2210. The Kier molecular flexibility index (Phi) is 51.2. The van der Waals surface area contributed by atoms with Gasteiger partial charge in [0.15, 0.2) is 18.9 Å². The van der Waals surface area contributed by atoms with Crippen molar-refractivity contribution < 1.29 is 89.4 Å². The van der Waals surface area contributed by atoms with E-state index in [9.17, 15) is 61.0 Å². The van der Waals surface area contributed by atoms with E-state index in [0.717, 1.165) is 83.5 Å². The average molecular weight is 1360 g/mol. The van der Waals surface area contributed by atoms with E-state index >= 15 is 0 Å². The van der Waals surface area contributed by atoms with Crippen LogP contribution in [0, 0.1) is 0 Å². The molecule has 3 rings (SSSR count). The summed E-state index contributed by atoms with van der Waals surface area (Å²) >= 11 is 0. The van der Waals surface area contributed by atoms with Crippen LogP contribution in [0.2, 0.25) is 0 Å². The molecule has 0 bridgehead atoms. The Morgan fingerprint density at radius 3 is 1.11 bits per heavy atom. The molecule has 3 heterocycles. The van der Waals surface area contributed by atoms with Crippen LogP contribution < -0.4 is 5.32 Å². The zero-order chi connectivity index (χ0) is 69.6. The topological polar surface area (TPSA) is 307 Å². The number of allylic oxidation sites excluding steroid dienone is 19. The fourth-order valence-corrected chi connectivity index (χ4v) is 11.6. The molecule has 0 spiro atoms. The van der Waals surface area contributed by atoms with Crippen molar-refractivity contribution >= 4 is 5.91 Å². The quantitative estimate of drug-likeness (QED) is 0.0199. The Morgan fingerprint density at radius 2 is 0.719 bits per heavy atom. The molecule has 19 nitrogen and oxygen atoms in total. The Labute approximate surface area is 576 Å². The maximum Gasteiger partial charge on any atom is 0.220 e. The molecule has 3 saturated heterocycles. The predicted octanol–water partition coefficient (Wildman–Crippen LogP) is 10.8. The third-order valence-corrected chi connectivity index (χ3v) is 17.5. The number of hydrogen-bond acceptors (Lipinski definition) is 18. The number of rotatable bonds is 55. The smallest absolute Gasteiger partial charge is 0.220 e. The lowest BCUT2D eigenvalue weighted by atomic mass is 9.96. The summed E-state index contributed by atoms with van der Waals surface area (Å²) in [7, 11) is 0. The standard InChI is InChI=1S/C77H129NO18/c1-3-5-7-9-11-13-15-17-19-21-23-25-27-28-29-30-31-32-33-35-37-39-41-43-45-47-49-51-53-55-65(83)78-60(61(82)54-52-50-48-46-44-42-40-38-36-34-26-24-22-20-18-16-14-12-10-8-6-4-2)59-91-75-71(89)68(86)73(63(57-80)93-75)96-77-72(90)69(87)74(64(58-81)94-77)95-76-70(88)67(85)66(84)62(56-79)92-76/h5,7,11,13,17,19,23,25,28-29,31-32,35,37,41,43,47,49,52,54,60-64,66-77,79-82,84-90H,3-4,6,8-10,12,14-16,18,20-22,24,26-27,30,33-34,36,38-40,42,44-46,48,50-51,53,55-59H2,1-2H3,(H,78,83)/b7-5-,13-11-,19-17-,25-23-,29-28-,32-31-,37-35-,43-41-,49-47-,54-52+. The second-order valence-corrected chi connectivity index (χ2v) is 25.7. The molecule has 17 atom stereocenters. The highest BCUT2D eigenvalue weighted by molar-refractivity contribution is 5.76. The van der Waals surface area contributed by atoms with Gasteiger partial charge < -0.3 is 89.9 Å². The van der Waals surface area contributed by atoms with E-state index in [4.69, 9.17) is 28.4 Å². The summed E-state index contributed by atoms with van der Waals surface area (Å²) < 4.78 is 34.3. The first-order chi connectivity index (χ1) is 46.8. The first-order valence-corrected chi connectivity index (χ1v) is 36.8. The first-order valence-electron chi connectivity index (χ1n) is 36.8. The van der Waals surface area contributed by atoms with Crippen molar-refractivity contribution in [1.82, 2.24) is 5.32 Å².